The van der Waals surface area contributed by atoms with Gasteiger partial charge in [-0.15, -0.1) is 0 Å². The Morgan fingerprint density at radius 1 is 1.03 bits per heavy atom. The molecule has 1 amide bonds. The molecule has 0 aliphatic carbocycles. The Hall–Kier alpha value is -4.57. The minimum Gasteiger partial charge on any atom is -0.497 e. The molecule has 2 heterocycles. The van der Waals surface area contributed by atoms with Gasteiger partial charge in [0, 0.05) is 32.3 Å². The number of hydrogen-bond donors (Lipinski definition) is 0. The lowest BCUT2D eigenvalue weighted by molar-refractivity contribution is -0.130. The number of amides is 1. The zero-order valence-corrected chi connectivity index (χ0v) is 20.1. The van der Waals surface area contributed by atoms with Crippen LogP contribution >= 0.6 is 0 Å². The maximum Gasteiger partial charge on any atom is 0.235 e. The number of benzene rings is 3. The Morgan fingerprint density at radius 3 is 2.53 bits per heavy atom. The van der Waals surface area contributed by atoms with Crippen LogP contribution in [0.15, 0.2) is 71.1 Å². The highest BCUT2D eigenvalue weighted by molar-refractivity contribution is 5.90. The minimum absolute atomic E-state index is 0.104. The van der Waals surface area contributed by atoms with Crippen LogP contribution < -0.4 is 9.64 Å². The molecule has 0 atom stereocenters. The Labute approximate surface area is 209 Å². The van der Waals surface area contributed by atoms with Crippen LogP contribution in [0.3, 0.4) is 0 Å². The third kappa shape index (κ3) is 4.93. The summed E-state index contributed by atoms with van der Waals surface area (Å²) >= 11 is 0. The van der Waals surface area contributed by atoms with Gasteiger partial charge in [0.2, 0.25) is 23.4 Å². The number of piperazine rings is 1. The molecule has 180 valence electrons. The van der Waals surface area contributed by atoms with Crippen molar-refractivity contribution in [1.82, 2.24) is 9.88 Å². The van der Waals surface area contributed by atoms with E-state index in [2.05, 4.69) is 29.3 Å². The minimum atomic E-state index is 0.104. The van der Waals surface area contributed by atoms with Gasteiger partial charge in [-0.2, -0.15) is 10.2 Å². The average Bonchev–Trinajstić information content (AvgIpc) is 3.36. The molecule has 7 heteroatoms. The van der Waals surface area contributed by atoms with Crippen molar-refractivity contribution in [2.24, 2.45) is 0 Å². The summed E-state index contributed by atoms with van der Waals surface area (Å²) in [6.45, 7) is 2.28. The number of aromatic nitrogens is 1. The first kappa shape index (κ1) is 23.2. The largest absolute Gasteiger partial charge is 0.497 e. The molecule has 1 saturated heterocycles. The number of carbonyl (C=O) groups excluding carboxylic acids is 1. The van der Waals surface area contributed by atoms with Gasteiger partial charge in [0.05, 0.1) is 13.5 Å². The maximum atomic E-state index is 13.0. The molecular formula is C29H26N4O3. The first-order chi connectivity index (χ1) is 17.6. The molecule has 7 nitrogen and oxygen atoms in total. The monoisotopic (exact) mass is 478 g/mol. The molecule has 0 spiro atoms. The molecular weight excluding hydrogens is 452 g/mol. The van der Waals surface area contributed by atoms with Gasteiger partial charge >= 0.3 is 0 Å². The molecule has 36 heavy (non-hydrogen) atoms. The molecule has 1 fully saturated rings. The third-order valence-electron chi connectivity index (χ3n) is 6.41. The summed E-state index contributed by atoms with van der Waals surface area (Å²) in [7, 11) is 1.63. The molecule has 1 aliphatic heterocycles. The van der Waals surface area contributed by atoms with Crippen LogP contribution in [0, 0.1) is 11.3 Å². The lowest BCUT2D eigenvalue weighted by Crippen LogP contribution is -2.49. The van der Waals surface area contributed by atoms with Crippen LogP contribution in [-0.4, -0.2) is 49.1 Å². The molecule has 5 rings (SSSR count). The smallest absolute Gasteiger partial charge is 0.235 e. The predicted octanol–water partition coefficient (Wildman–Crippen LogP) is 4.77. The molecule has 3 aromatic carbocycles. The Balaban J connectivity index is 1.23. The van der Waals surface area contributed by atoms with E-state index in [0.717, 1.165) is 27.6 Å². The second-order valence-electron chi connectivity index (χ2n) is 8.61. The number of methoxy groups -OCH3 is 1. The molecule has 0 unspecified atom stereocenters. The standard InChI is InChI=1S/C29H26N4O3/c1-35-24-12-9-21(10-13-24)11-14-27-31-26(20-30)29(36-27)33-17-15-32(16-18-33)28(34)19-23-7-4-6-22-5-2-3-8-25(22)23/h2-14H,15-19H2,1H3. The fraction of sp³-hybridized carbons (Fsp3) is 0.207. The van der Waals surface area contributed by atoms with E-state index in [0.29, 0.717) is 44.4 Å². The predicted molar refractivity (Wildman–Crippen MR) is 140 cm³/mol. The number of nitriles is 1. The molecule has 0 N–H and O–H groups in total. The quantitative estimate of drug-likeness (QED) is 0.397. The Morgan fingerprint density at radius 2 is 1.78 bits per heavy atom. The summed E-state index contributed by atoms with van der Waals surface area (Å²) in [4.78, 5) is 21.2. The first-order valence-electron chi connectivity index (χ1n) is 11.9. The highest BCUT2D eigenvalue weighted by atomic mass is 16.5. The zero-order chi connectivity index (χ0) is 24.9. The zero-order valence-electron chi connectivity index (χ0n) is 20.1. The van der Waals surface area contributed by atoms with Crippen molar-refractivity contribution in [1.29, 1.82) is 5.26 Å². The van der Waals surface area contributed by atoms with E-state index in [4.69, 9.17) is 9.15 Å². The van der Waals surface area contributed by atoms with Crippen LogP contribution in [0.25, 0.3) is 22.9 Å². The number of anilines is 1. The van der Waals surface area contributed by atoms with Crippen molar-refractivity contribution in [2.45, 2.75) is 6.42 Å². The normalized spacial score (nSPS) is 13.8. The van der Waals surface area contributed by atoms with Gasteiger partial charge in [-0.25, -0.2) is 0 Å². The van der Waals surface area contributed by atoms with Crippen molar-refractivity contribution in [3.8, 4) is 11.8 Å². The van der Waals surface area contributed by atoms with Gasteiger partial charge in [-0.05, 0) is 40.1 Å². The van der Waals surface area contributed by atoms with Crippen LogP contribution in [-0.2, 0) is 11.2 Å². The fourth-order valence-electron chi connectivity index (χ4n) is 4.45. The van der Waals surface area contributed by atoms with Gasteiger partial charge in [-0.3, -0.25) is 4.79 Å². The second kappa shape index (κ2) is 10.4. The molecule has 4 aromatic rings. The van der Waals surface area contributed by atoms with Crippen molar-refractivity contribution in [3.63, 3.8) is 0 Å². The van der Waals surface area contributed by atoms with E-state index in [9.17, 15) is 10.1 Å². The molecule has 1 aliphatic rings. The van der Waals surface area contributed by atoms with Gasteiger partial charge in [0.15, 0.2) is 0 Å². The molecule has 0 saturated carbocycles. The number of fused-ring (bicyclic) bond motifs is 1. The van der Waals surface area contributed by atoms with Crippen LogP contribution in [0.1, 0.15) is 22.7 Å². The van der Waals surface area contributed by atoms with Crippen molar-refractivity contribution < 1.29 is 13.9 Å². The first-order valence-corrected chi connectivity index (χ1v) is 11.9. The van der Waals surface area contributed by atoms with E-state index < -0.39 is 0 Å². The summed E-state index contributed by atoms with van der Waals surface area (Å²) in [5, 5.41) is 11.8. The Bertz CT molecular complexity index is 1440. The fourth-order valence-corrected chi connectivity index (χ4v) is 4.45. The molecule has 1 aromatic heterocycles. The summed E-state index contributed by atoms with van der Waals surface area (Å²) in [6.07, 6.45) is 3.99. The number of nitrogens with zero attached hydrogens (tertiary/aromatic N) is 4. The highest BCUT2D eigenvalue weighted by Gasteiger charge is 2.26. The number of carbonyl (C=O) groups is 1. The maximum absolute atomic E-state index is 13.0. The van der Waals surface area contributed by atoms with Gasteiger partial charge in [-0.1, -0.05) is 54.6 Å². The van der Waals surface area contributed by atoms with Crippen molar-refractivity contribution >= 4 is 34.7 Å². The summed E-state index contributed by atoms with van der Waals surface area (Å²) in [6, 6.07) is 24.0. The van der Waals surface area contributed by atoms with E-state index in [1.165, 1.54) is 0 Å². The van der Waals surface area contributed by atoms with E-state index in [1.807, 2.05) is 64.4 Å². The van der Waals surface area contributed by atoms with Gasteiger partial charge in [0.1, 0.15) is 11.8 Å². The summed E-state index contributed by atoms with van der Waals surface area (Å²) in [5.41, 5.74) is 2.25. The van der Waals surface area contributed by atoms with Crippen LogP contribution in [0.4, 0.5) is 5.88 Å². The van der Waals surface area contributed by atoms with Crippen LogP contribution in [0.2, 0.25) is 0 Å². The summed E-state index contributed by atoms with van der Waals surface area (Å²) in [5.74, 6) is 1.71. The number of hydrogen-bond acceptors (Lipinski definition) is 6. The lowest BCUT2D eigenvalue weighted by Gasteiger charge is -2.34. The molecule has 0 radical (unpaired) electrons. The average molecular weight is 479 g/mol. The topological polar surface area (TPSA) is 82.6 Å². The van der Waals surface area contributed by atoms with Gasteiger partial charge < -0.3 is 19.0 Å². The number of oxazole rings is 1. The lowest BCUT2D eigenvalue weighted by atomic mass is 10.0. The Kier molecular flexibility index (Phi) is 6.67. The second-order valence-corrected chi connectivity index (χ2v) is 8.61. The summed E-state index contributed by atoms with van der Waals surface area (Å²) < 4.78 is 11.1. The van der Waals surface area contributed by atoms with E-state index in [1.54, 1.807) is 13.2 Å². The SMILES string of the molecule is COc1ccc(C=Cc2nc(C#N)c(N3CCN(C(=O)Cc4cccc5ccccc45)CC3)o2)cc1. The van der Waals surface area contributed by atoms with Crippen molar-refractivity contribution in [2.75, 3.05) is 38.2 Å². The van der Waals surface area contributed by atoms with Gasteiger partial charge in [0.25, 0.3) is 0 Å². The number of rotatable bonds is 6. The third-order valence-corrected chi connectivity index (χ3v) is 6.41. The van der Waals surface area contributed by atoms with E-state index in [-0.39, 0.29) is 11.6 Å². The molecule has 0 bridgehead atoms. The van der Waals surface area contributed by atoms with E-state index >= 15 is 0 Å². The highest BCUT2D eigenvalue weighted by Crippen LogP contribution is 2.25. The number of ether oxygens (including phenoxy) is 1. The van der Waals surface area contributed by atoms with Crippen molar-refractivity contribution in [3.05, 3.63) is 89.4 Å². The van der Waals surface area contributed by atoms with Crippen LogP contribution in [0.5, 0.6) is 5.75 Å².